The van der Waals surface area contributed by atoms with Gasteiger partial charge in [0.25, 0.3) is 0 Å². The van der Waals surface area contributed by atoms with Crippen LogP contribution in [0.3, 0.4) is 0 Å². The molecule has 0 fully saturated rings. The molecule has 0 aliphatic heterocycles. The minimum absolute atomic E-state index is 0.506. The molecule has 10 heavy (non-hydrogen) atoms. The maximum absolute atomic E-state index is 9.40. The zero-order valence-electron chi connectivity index (χ0n) is 7.68. The van der Waals surface area contributed by atoms with Gasteiger partial charge in [-0.2, -0.15) is 0 Å². The summed E-state index contributed by atoms with van der Waals surface area (Å²) in [7, 11) is 2.02. The van der Waals surface area contributed by atoms with Crippen molar-refractivity contribution in [3.63, 3.8) is 0 Å². The van der Waals surface area contributed by atoms with E-state index in [2.05, 4.69) is 18.7 Å². The van der Waals surface area contributed by atoms with Crippen LogP contribution in [0.4, 0.5) is 0 Å². The van der Waals surface area contributed by atoms with Crippen LogP contribution in [0.15, 0.2) is 0 Å². The third-order valence-corrected chi connectivity index (χ3v) is 1.52. The van der Waals surface area contributed by atoms with Gasteiger partial charge in [-0.05, 0) is 34.7 Å². The molecule has 1 N–H and O–H groups in total. The molecule has 0 saturated carbocycles. The third-order valence-electron chi connectivity index (χ3n) is 1.52. The summed E-state index contributed by atoms with van der Waals surface area (Å²) in [6.45, 7) is 8.61. The highest BCUT2D eigenvalue weighted by Gasteiger charge is 2.16. The van der Waals surface area contributed by atoms with Gasteiger partial charge in [0.15, 0.2) is 0 Å². The number of hydrogen-bond donors (Lipinski definition) is 1. The van der Waals surface area contributed by atoms with Gasteiger partial charge in [-0.25, -0.2) is 0 Å². The highest BCUT2D eigenvalue weighted by atomic mass is 16.3. The van der Waals surface area contributed by atoms with E-state index < -0.39 is 5.60 Å². The molecule has 0 aromatic rings. The standard InChI is InChI=1S/C8H19NO/c1-7(2)9(5)6-8(3,4)10/h7,10H,6H2,1-5H3. The van der Waals surface area contributed by atoms with Crippen molar-refractivity contribution in [3.05, 3.63) is 0 Å². The summed E-state index contributed by atoms with van der Waals surface area (Å²) >= 11 is 0. The van der Waals surface area contributed by atoms with E-state index in [9.17, 15) is 5.11 Å². The third kappa shape index (κ3) is 4.77. The van der Waals surface area contributed by atoms with E-state index in [0.29, 0.717) is 6.04 Å². The number of aliphatic hydroxyl groups is 1. The minimum Gasteiger partial charge on any atom is -0.389 e. The molecule has 0 aliphatic carbocycles. The molecule has 0 bridgehead atoms. The molecule has 0 aromatic carbocycles. The Bertz CT molecular complexity index is 93.9. The summed E-state index contributed by atoms with van der Waals surface area (Å²) in [6.07, 6.45) is 0. The van der Waals surface area contributed by atoms with Crippen molar-refractivity contribution < 1.29 is 5.11 Å². The number of nitrogens with zero attached hydrogens (tertiary/aromatic N) is 1. The van der Waals surface area contributed by atoms with Crippen molar-refractivity contribution in [2.45, 2.75) is 39.3 Å². The van der Waals surface area contributed by atoms with E-state index in [-0.39, 0.29) is 0 Å². The van der Waals surface area contributed by atoms with E-state index >= 15 is 0 Å². The van der Waals surface area contributed by atoms with Gasteiger partial charge in [0.05, 0.1) is 5.60 Å². The first kappa shape index (κ1) is 9.92. The monoisotopic (exact) mass is 145 g/mol. The molecule has 0 spiro atoms. The topological polar surface area (TPSA) is 23.5 Å². The fourth-order valence-corrected chi connectivity index (χ4v) is 0.793. The molecule has 0 rings (SSSR count). The van der Waals surface area contributed by atoms with Crippen molar-refractivity contribution in [2.24, 2.45) is 0 Å². The fraction of sp³-hybridized carbons (Fsp3) is 1.00. The predicted molar refractivity (Wildman–Crippen MR) is 44.1 cm³/mol. The van der Waals surface area contributed by atoms with Gasteiger partial charge in [-0.1, -0.05) is 0 Å². The normalized spacial score (nSPS) is 13.2. The molecule has 0 amide bonds. The highest BCUT2D eigenvalue weighted by Crippen LogP contribution is 2.05. The lowest BCUT2D eigenvalue weighted by molar-refractivity contribution is 0.0358. The second-order valence-electron chi connectivity index (χ2n) is 3.82. The summed E-state index contributed by atoms with van der Waals surface area (Å²) in [5, 5.41) is 9.40. The SMILES string of the molecule is CC(C)N(C)CC(C)(C)O. The summed E-state index contributed by atoms with van der Waals surface area (Å²) < 4.78 is 0. The molecule has 0 saturated heterocycles. The maximum Gasteiger partial charge on any atom is 0.0718 e. The molecule has 0 heterocycles. The van der Waals surface area contributed by atoms with E-state index in [1.54, 1.807) is 0 Å². The number of rotatable bonds is 3. The van der Waals surface area contributed by atoms with Gasteiger partial charge in [-0.15, -0.1) is 0 Å². The summed E-state index contributed by atoms with van der Waals surface area (Å²) in [4.78, 5) is 2.12. The smallest absolute Gasteiger partial charge is 0.0718 e. The van der Waals surface area contributed by atoms with Crippen molar-refractivity contribution >= 4 is 0 Å². The molecule has 0 unspecified atom stereocenters. The Kier molecular flexibility index (Phi) is 3.33. The largest absolute Gasteiger partial charge is 0.389 e. The average Bonchev–Trinajstić information content (AvgIpc) is 1.60. The lowest BCUT2D eigenvalue weighted by Gasteiger charge is -2.28. The molecular formula is C8H19NO. The molecule has 0 aliphatic rings. The van der Waals surface area contributed by atoms with Gasteiger partial charge in [-0.3, -0.25) is 0 Å². The van der Waals surface area contributed by atoms with E-state index in [1.165, 1.54) is 0 Å². The first-order valence-electron chi connectivity index (χ1n) is 3.75. The molecule has 0 aromatic heterocycles. The average molecular weight is 145 g/mol. The van der Waals surface area contributed by atoms with Gasteiger partial charge >= 0.3 is 0 Å². The van der Waals surface area contributed by atoms with E-state index in [1.807, 2.05) is 20.9 Å². The van der Waals surface area contributed by atoms with Crippen molar-refractivity contribution in [3.8, 4) is 0 Å². The summed E-state index contributed by atoms with van der Waals surface area (Å²) in [6, 6.07) is 0.506. The molecule has 2 nitrogen and oxygen atoms in total. The Morgan fingerprint density at radius 3 is 1.90 bits per heavy atom. The molecule has 62 valence electrons. The van der Waals surface area contributed by atoms with Crippen LogP contribution in [0.25, 0.3) is 0 Å². The van der Waals surface area contributed by atoms with Gasteiger partial charge in [0.1, 0.15) is 0 Å². The van der Waals surface area contributed by atoms with Crippen LogP contribution in [0.2, 0.25) is 0 Å². The quantitative estimate of drug-likeness (QED) is 0.642. The zero-order valence-corrected chi connectivity index (χ0v) is 7.68. The fourth-order valence-electron chi connectivity index (χ4n) is 0.793. The van der Waals surface area contributed by atoms with Crippen LogP contribution < -0.4 is 0 Å². The molecule has 0 radical (unpaired) electrons. The van der Waals surface area contributed by atoms with Crippen molar-refractivity contribution in [1.29, 1.82) is 0 Å². The Labute approximate surface area is 63.8 Å². The van der Waals surface area contributed by atoms with Crippen LogP contribution in [-0.4, -0.2) is 35.2 Å². The van der Waals surface area contributed by atoms with Crippen LogP contribution in [0.5, 0.6) is 0 Å². The van der Waals surface area contributed by atoms with Gasteiger partial charge in [0, 0.05) is 12.6 Å². The lowest BCUT2D eigenvalue weighted by atomic mass is 10.1. The first-order valence-corrected chi connectivity index (χ1v) is 3.75. The molecule has 0 atom stereocenters. The van der Waals surface area contributed by atoms with E-state index in [4.69, 9.17) is 0 Å². The second-order valence-corrected chi connectivity index (χ2v) is 3.82. The Morgan fingerprint density at radius 2 is 1.80 bits per heavy atom. The predicted octanol–water partition coefficient (Wildman–Crippen LogP) is 1.10. The maximum atomic E-state index is 9.40. The highest BCUT2D eigenvalue weighted by molar-refractivity contribution is 4.71. The Morgan fingerprint density at radius 1 is 1.40 bits per heavy atom. The van der Waals surface area contributed by atoms with Gasteiger partial charge < -0.3 is 10.0 Å². The van der Waals surface area contributed by atoms with Crippen LogP contribution in [0.1, 0.15) is 27.7 Å². The molecule has 2 heteroatoms. The van der Waals surface area contributed by atoms with Gasteiger partial charge in [0.2, 0.25) is 0 Å². The zero-order chi connectivity index (χ0) is 8.36. The van der Waals surface area contributed by atoms with Crippen LogP contribution >= 0.6 is 0 Å². The molecular weight excluding hydrogens is 126 g/mol. The second kappa shape index (κ2) is 3.35. The Hall–Kier alpha value is -0.0800. The number of hydrogen-bond acceptors (Lipinski definition) is 2. The Balaban J connectivity index is 3.68. The number of likely N-dealkylation sites (N-methyl/N-ethyl adjacent to an activating group) is 1. The van der Waals surface area contributed by atoms with Crippen molar-refractivity contribution in [1.82, 2.24) is 4.90 Å². The minimum atomic E-state index is -0.570. The van der Waals surface area contributed by atoms with Crippen molar-refractivity contribution in [2.75, 3.05) is 13.6 Å². The summed E-state index contributed by atoms with van der Waals surface area (Å²) in [5.41, 5.74) is -0.570. The van der Waals surface area contributed by atoms with Crippen LogP contribution in [0, 0.1) is 0 Å². The van der Waals surface area contributed by atoms with E-state index in [0.717, 1.165) is 6.54 Å². The van der Waals surface area contributed by atoms with Crippen LogP contribution in [-0.2, 0) is 0 Å². The lowest BCUT2D eigenvalue weighted by Crippen LogP contribution is -2.39. The summed E-state index contributed by atoms with van der Waals surface area (Å²) in [5.74, 6) is 0. The first-order chi connectivity index (χ1) is 4.33.